The van der Waals surface area contributed by atoms with Gasteiger partial charge >= 0.3 is 0 Å². The van der Waals surface area contributed by atoms with E-state index in [1.807, 2.05) is 37.4 Å². The SMILES string of the molecule is C[C@@H](Sc1nnc(-c2c[nH]c3ccccc23)o1)C(=O)NC1CCCC1. The van der Waals surface area contributed by atoms with Crippen LogP contribution in [0.25, 0.3) is 22.4 Å². The molecule has 1 aliphatic carbocycles. The van der Waals surface area contributed by atoms with Gasteiger partial charge in [-0.3, -0.25) is 4.79 Å². The molecule has 7 heteroatoms. The Bertz CT molecular complexity index is 882. The number of aromatic nitrogens is 3. The summed E-state index contributed by atoms with van der Waals surface area (Å²) in [5.74, 6) is 0.493. The van der Waals surface area contributed by atoms with Crippen molar-refractivity contribution in [3.8, 4) is 11.5 Å². The molecule has 1 amide bonds. The highest BCUT2D eigenvalue weighted by Gasteiger charge is 2.23. The first-order chi connectivity index (χ1) is 12.2. The van der Waals surface area contributed by atoms with Gasteiger partial charge in [-0.1, -0.05) is 42.8 Å². The lowest BCUT2D eigenvalue weighted by Gasteiger charge is -2.14. The first-order valence-corrected chi connectivity index (χ1v) is 9.45. The van der Waals surface area contributed by atoms with Crippen molar-refractivity contribution < 1.29 is 9.21 Å². The lowest BCUT2D eigenvalue weighted by molar-refractivity contribution is -0.120. The molecule has 4 rings (SSSR count). The van der Waals surface area contributed by atoms with Crippen LogP contribution >= 0.6 is 11.8 Å². The molecule has 1 aliphatic rings. The number of benzene rings is 1. The second-order valence-corrected chi connectivity index (χ2v) is 7.66. The number of carbonyl (C=O) groups excluding carboxylic acids is 1. The standard InChI is InChI=1S/C18H20N4O2S/c1-11(16(23)20-12-6-2-3-7-12)25-18-22-21-17(24-18)14-10-19-15-9-5-4-8-13(14)15/h4-5,8-12,19H,2-3,6-7H2,1H3,(H,20,23)/t11-/m1/s1. The summed E-state index contributed by atoms with van der Waals surface area (Å²) in [5, 5.41) is 12.5. The zero-order valence-electron chi connectivity index (χ0n) is 14.0. The van der Waals surface area contributed by atoms with Crippen LogP contribution in [0.5, 0.6) is 0 Å². The number of aromatic amines is 1. The molecule has 130 valence electrons. The van der Waals surface area contributed by atoms with Gasteiger partial charge in [0.1, 0.15) is 0 Å². The Morgan fingerprint density at radius 1 is 1.32 bits per heavy atom. The number of fused-ring (bicyclic) bond motifs is 1. The van der Waals surface area contributed by atoms with Crippen LogP contribution < -0.4 is 5.32 Å². The van der Waals surface area contributed by atoms with Gasteiger partial charge in [-0.25, -0.2) is 0 Å². The van der Waals surface area contributed by atoms with E-state index in [1.165, 1.54) is 24.6 Å². The van der Waals surface area contributed by atoms with Crippen molar-refractivity contribution in [1.29, 1.82) is 0 Å². The number of rotatable bonds is 5. The van der Waals surface area contributed by atoms with Crippen LogP contribution in [0.4, 0.5) is 0 Å². The first kappa shape index (κ1) is 16.2. The Morgan fingerprint density at radius 2 is 2.12 bits per heavy atom. The van der Waals surface area contributed by atoms with Crippen molar-refractivity contribution in [2.75, 3.05) is 0 Å². The van der Waals surface area contributed by atoms with Crippen LogP contribution in [-0.2, 0) is 4.79 Å². The molecule has 0 bridgehead atoms. The molecule has 2 heterocycles. The Labute approximate surface area is 149 Å². The van der Waals surface area contributed by atoms with Gasteiger partial charge < -0.3 is 14.7 Å². The normalized spacial score (nSPS) is 16.4. The maximum atomic E-state index is 12.3. The van der Waals surface area contributed by atoms with E-state index >= 15 is 0 Å². The van der Waals surface area contributed by atoms with E-state index in [0.717, 1.165) is 29.3 Å². The minimum Gasteiger partial charge on any atom is -0.411 e. The molecule has 1 saturated carbocycles. The van der Waals surface area contributed by atoms with Crippen LogP contribution in [0.3, 0.4) is 0 Å². The molecular formula is C18H20N4O2S. The highest BCUT2D eigenvalue weighted by atomic mass is 32.2. The van der Waals surface area contributed by atoms with E-state index in [2.05, 4.69) is 20.5 Å². The lowest BCUT2D eigenvalue weighted by Crippen LogP contribution is -2.37. The molecule has 0 spiro atoms. The Hall–Kier alpha value is -2.28. The molecule has 25 heavy (non-hydrogen) atoms. The Balaban J connectivity index is 1.45. The number of nitrogens with one attached hydrogen (secondary N) is 2. The quantitative estimate of drug-likeness (QED) is 0.680. The van der Waals surface area contributed by atoms with Gasteiger partial charge in [-0.05, 0) is 25.8 Å². The van der Waals surface area contributed by atoms with E-state index in [9.17, 15) is 4.79 Å². The van der Waals surface area contributed by atoms with Gasteiger partial charge in [-0.2, -0.15) is 0 Å². The molecule has 0 aliphatic heterocycles. The number of amides is 1. The van der Waals surface area contributed by atoms with Gasteiger partial charge in [0.2, 0.25) is 5.91 Å². The summed E-state index contributed by atoms with van der Waals surface area (Å²) < 4.78 is 5.77. The highest BCUT2D eigenvalue weighted by Crippen LogP contribution is 2.30. The molecule has 0 unspecified atom stereocenters. The minimum absolute atomic E-state index is 0.0312. The van der Waals surface area contributed by atoms with Crippen molar-refractivity contribution in [2.24, 2.45) is 0 Å². The Morgan fingerprint density at radius 3 is 2.96 bits per heavy atom. The van der Waals surface area contributed by atoms with Crippen molar-refractivity contribution in [3.05, 3.63) is 30.5 Å². The summed E-state index contributed by atoms with van der Waals surface area (Å²) in [6.07, 6.45) is 6.42. The van der Waals surface area contributed by atoms with Crippen molar-refractivity contribution >= 4 is 28.6 Å². The Kier molecular flexibility index (Phi) is 4.48. The number of thioether (sulfide) groups is 1. The number of H-pyrrole nitrogens is 1. The summed E-state index contributed by atoms with van der Waals surface area (Å²) in [6, 6.07) is 8.28. The third-order valence-electron chi connectivity index (χ3n) is 4.57. The zero-order chi connectivity index (χ0) is 17.2. The van der Waals surface area contributed by atoms with Gasteiger partial charge in [-0.15, -0.1) is 10.2 Å². The number of para-hydroxylation sites is 1. The smallest absolute Gasteiger partial charge is 0.277 e. The molecular weight excluding hydrogens is 336 g/mol. The van der Waals surface area contributed by atoms with Crippen molar-refractivity contribution in [2.45, 2.75) is 49.1 Å². The molecule has 1 atom stereocenters. The number of carbonyl (C=O) groups is 1. The number of nitrogens with zero attached hydrogens (tertiary/aromatic N) is 2. The summed E-state index contributed by atoms with van der Waals surface area (Å²) in [4.78, 5) is 15.5. The fourth-order valence-electron chi connectivity index (χ4n) is 3.21. The monoisotopic (exact) mass is 356 g/mol. The first-order valence-electron chi connectivity index (χ1n) is 8.58. The predicted molar refractivity (Wildman–Crippen MR) is 97.3 cm³/mol. The van der Waals surface area contributed by atoms with E-state index < -0.39 is 0 Å². The van der Waals surface area contributed by atoms with Crippen LogP contribution in [0.1, 0.15) is 32.6 Å². The van der Waals surface area contributed by atoms with E-state index in [-0.39, 0.29) is 11.2 Å². The third kappa shape index (κ3) is 3.42. The number of hydrogen-bond acceptors (Lipinski definition) is 5. The lowest BCUT2D eigenvalue weighted by atomic mass is 10.2. The van der Waals surface area contributed by atoms with E-state index in [4.69, 9.17) is 4.42 Å². The van der Waals surface area contributed by atoms with Gasteiger partial charge in [0.05, 0.1) is 10.8 Å². The summed E-state index contributed by atoms with van der Waals surface area (Å²) in [6.45, 7) is 1.87. The predicted octanol–water partition coefficient (Wildman–Crippen LogP) is 3.76. The fourth-order valence-corrected chi connectivity index (χ4v) is 3.90. The van der Waals surface area contributed by atoms with E-state index in [0.29, 0.717) is 17.2 Å². The fraction of sp³-hybridized carbons (Fsp3) is 0.389. The van der Waals surface area contributed by atoms with Crippen LogP contribution in [0.2, 0.25) is 0 Å². The number of hydrogen-bond donors (Lipinski definition) is 2. The highest BCUT2D eigenvalue weighted by molar-refractivity contribution is 8.00. The van der Waals surface area contributed by atoms with Gasteiger partial charge in [0.15, 0.2) is 0 Å². The molecule has 2 aromatic heterocycles. The minimum atomic E-state index is -0.267. The summed E-state index contributed by atoms with van der Waals surface area (Å²) in [5.41, 5.74) is 1.90. The zero-order valence-corrected chi connectivity index (χ0v) is 14.8. The van der Waals surface area contributed by atoms with Gasteiger partial charge in [0.25, 0.3) is 11.1 Å². The molecule has 2 N–H and O–H groups in total. The summed E-state index contributed by atoms with van der Waals surface area (Å²) >= 11 is 1.30. The second-order valence-electron chi connectivity index (χ2n) is 6.37. The molecule has 0 saturated heterocycles. The molecule has 1 aromatic carbocycles. The maximum absolute atomic E-state index is 12.3. The van der Waals surface area contributed by atoms with Gasteiger partial charge in [0, 0.05) is 23.1 Å². The van der Waals surface area contributed by atoms with Crippen LogP contribution in [0, 0.1) is 0 Å². The van der Waals surface area contributed by atoms with Crippen LogP contribution in [0.15, 0.2) is 40.1 Å². The average molecular weight is 356 g/mol. The molecule has 0 radical (unpaired) electrons. The molecule has 3 aromatic rings. The van der Waals surface area contributed by atoms with Crippen molar-refractivity contribution in [3.63, 3.8) is 0 Å². The largest absolute Gasteiger partial charge is 0.411 e. The maximum Gasteiger partial charge on any atom is 0.277 e. The topological polar surface area (TPSA) is 83.8 Å². The third-order valence-corrected chi connectivity index (χ3v) is 5.51. The second kappa shape index (κ2) is 6.92. The van der Waals surface area contributed by atoms with Crippen LogP contribution in [-0.4, -0.2) is 32.4 Å². The summed E-state index contributed by atoms with van der Waals surface area (Å²) in [7, 11) is 0. The molecule has 6 nitrogen and oxygen atoms in total. The average Bonchev–Trinajstić information content (AvgIpc) is 3.34. The molecule has 1 fully saturated rings. The van der Waals surface area contributed by atoms with Crippen molar-refractivity contribution in [1.82, 2.24) is 20.5 Å². The van der Waals surface area contributed by atoms with E-state index in [1.54, 1.807) is 0 Å².